The minimum Gasteiger partial charge on any atom is -0.381 e. The number of ether oxygens (including phenoxy) is 2. The van der Waals surface area contributed by atoms with Gasteiger partial charge in [-0.1, -0.05) is 5.16 Å². The van der Waals surface area contributed by atoms with E-state index in [1.807, 2.05) is 6.92 Å². The summed E-state index contributed by atoms with van der Waals surface area (Å²) < 4.78 is 17.0. The van der Waals surface area contributed by atoms with E-state index in [1.54, 1.807) is 0 Å². The number of nitrogens with zero attached hydrogens (tertiary/aromatic N) is 2. The van der Waals surface area contributed by atoms with Gasteiger partial charge in [0.1, 0.15) is 5.60 Å². The second-order valence-corrected chi connectivity index (χ2v) is 5.95. The molecule has 2 aliphatic rings. The Morgan fingerprint density at radius 3 is 2.75 bits per heavy atom. The van der Waals surface area contributed by atoms with Crippen molar-refractivity contribution in [1.82, 2.24) is 15.5 Å². The van der Waals surface area contributed by atoms with E-state index in [0.29, 0.717) is 25.6 Å². The van der Waals surface area contributed by atoms with Crippen molar-refractivity contribution in [3.8, 4) is 0 Å². The van der Waals surface area contributed by atoms with E-state index in [9.17, 15) is 0 Å². The quantitative estimate of drug-likeness (QED) is 0.898. The van der Waals surface area contributed by atoms with Gasteiger partial charge >= 0.3 is 0 Å². The molecule has 1 atom stereocenters. The highest BCUT2D eigenvalue weighted by atomic mass is 16.5. The zero-order chi connectivity index (χ0) is 14.1. The lowest BCUT2D eigenvalue weighted by Gasteiger charge is -2.33. The molecule has 3 heterocycles. The molecule has 112 valence electrons. The second-order valence-electron chi connectivity index (χ2n) is 5.95. The molecule has 2 saturated heterocycles. The highest BCUT2D eigenvalue weighted by Crippen LogP contribution is 2.36. The van der Waals surface area contributed by atoms with Crippen LogP contribution in [-0.2, 0) is 20.5 Å². The van der Waals surface area contributed by atoms with Crippen molar-refractivity contribution in [3.63, 3.8) is 0 Å². The molecule has 20 heavy (non-hydrogen) atoms. The molecule has 0 spiro atoms. The van der Waals surface area contributed by atoms with Crippen molar-refractivity contribution in [1.29, 1.82) is 0 Å². The van der Waals surface area contributed by atoms with Crippen LogP contribution in [0.15, 0.2) is 4.52 Å². The lowest BCUT2D eigenvalue weighted by atomic mass is 9.89. The Labute approximate surface area is 119 Å². The van der Waals surface area contributed by atoms with Crippen LogP contribution in [0.3, 0.4) is 0 Å². The van der Waals surface area contributed by atoms with Gasteiger partial charge in [-0.3, -0.25) is 0 Å². The fourth-order valence-corrected chi connectivity index (χ4v) is 3.06. The maximum atomic E-state index is 5.98. The van der Waals surface area contributed by atoms with Crippen molar-refractivity contribution < 1.29 is 14.0 Å². The van der Waals surface area contributed by atoms with Gasteiger partial charge in [0.05, 0.1) is 5.41 Å². The molecule has 1 aromatic heterocycles. The van der Waals surface area contributed by atoms with E-state index in [-0.39, 0.29) is 5.41 Å². The van der Waals surface area contributed by atoms with Crippen molar-refractivity contribution >= 4 is 0 Å². The van der Waals surface area contributed by atoms with Crippen LogP contribution in [0.5, 0.6) is 0 Å². The summed E-state index contributed by atoms with van der Waals surface area (Å²) in [6, 6.07) is 0. The second kappa shape index (κ2) is 5.42. The molecule has 0 aromatic carbocycles. The average Bonchev–Trinajstić information content (AvgIpc) is 3.10. The molecule has 3 rings (SSSR count). The van der Waals surface area contributed by atoms with Gasteiger partial charge in [0.25, 0.3) is 0 Å². The molecule has 0 bridgehead atoms. The van der Waals surface area contributed by atoms with Gasteiger partial charge in [-0.25, -0.2) is 0 Å². The van der Waals surface area contributed by atoms with Gasteiger partial charge in [0.2, 0.25) is 11.7 Å². The molecular weight excluding hydrogens is 258 g/mol. The summed E-state index contributed by atoms with van der Waals surface area (Å²) in [5.74, 6) is 1.41. The topological polar surface area (TPSA) is 69.4 Å². The maximum absolute atomic E-state index is 5.98. The number of hydrogen-bond acceptors (Lipinski definition) is 6. The molecule has 1 N–H and O–H groups in total. The van der Waals surface area contributed by atoms with Crippen LogP contribution in [0, 0.1) is 0 Å². The van der Waals surface area contributed by atoms with Crippen LogP contribution in [0.25, 0.3) is 0 Å². The lowest BCUT2D eigenvalue weighted by Crippen LogP contribution is -2.38. The third kappa shape index (κ3) is 2.36. The fraction of sp³-hybridized carbons (Fsp3) is 0.857. The molecule has 0 radical (unpaired) electrons. The third-order valence-electron chi connectivity index (χ3n) is 4.44. The maximum Gasteiger partial charge on any atom is 0.234 e. The van der Waals surface area contributed by atoms with E-state index < -0.39 is 5.60 Å². The van der Waals surface area contributed by atoms with E-state index >= 15 is 0 Å². The summed E-state index contributed by atoms with van der Waals surface area (Å²) in [4.78, 5) is 4.68. The number of rotatable bonds is 4. The smallest absolute Gasteiger partial charge is 0.234 e. The van der Waals surface area contributed by atoms with Gasteiger partial charge in [-0.2, -0.15) is 4.98 Å². The van der Waals surface area contributed by atoms with Crippen LogP contribution >= 0.6 is 0 Å². The molecule has 1 unspecified atom stereocenters. The van der Waals surface area contributed by atoms with Crippen LogP contribution in [0.1, 0.15) is 44.8 Å². The largest absolute Gasteiger partial charge is 0.381 e. The van der Waals surface area contributed by atoms with Gasteiger partial charge in [-0.05, 0) is 26.8 Å². The fourth-order valence-electron chi connectivity index (χ4n) is 3.06. The van der Waals surface area contributed by atoms with Gasteiger partial charge in [-0.15, -0.1) is 0 Å². The predicted molar refractivity (Wildman–Crippen MR) is 72.5 cm³/mol. The molecule has 1 aromatic rings. The molecule has 0 aliphatic carbocycles. The van der Waals surface area contributed by atoms with Crippen LogP contribution in [0.2, 0.25) is 0 Å². The highest BCUT2D eigenvalue weighted by Gasteiger charge is 2.42. The summed E-state index contributed by atoms with van der Waals surface area (Å²) >= 11 is 0. The van der Waals surface area contributed by atoms with Crippen LogP contribution in [-0.4, -0.2) is 43.1 Å². The first-order valence-corrected chi connectivity index (χ1v) is 7.46. The lowest BCUT2D eigenvalue weighted by molar-refractivity contribution is -0.118. The number of hydrogen-bond donors (Lipinski definition) is 1. The van der Waals surface area contributed by atoms with Gasteiger partial charge in [0, 0.05) is 39.2 Å². The molecule has 0 amide bonds. The minimum atomic E-state index is -0.433. The first-order chi connectivity index (χ1) is 9.69. The highest BCUT2D eigenvalue weighted by molar-refractivity contribution is 5.11. The van der Waals surface area contributed by atoms with Crippen molar-refractivity contribution in [3.05, 3.63) is 11.7 Å². The first-order valence-electron chi connectivity index (χ1n) is 7.46. The zero-order valence-corrected chi connectivity index (χ0v) is 12.3. The third-order valence-corrected chi connectivity index (χ3v) is 4.44. The summed E-state index contributed by atoms with van der Waals surface area (Å²) in [6.07, 6.45) is 2.60. The van der Waals surface area contributed by atoms with Crippen molar-refractivity contribution in [2.45, 2.75) is 44.1 Å². The summed E-state index contributed by atoms with van der Waals surface area (Å²) in [6.45, 7) is 8.06. The Morgan fingerprint density at radius 2 is 2.10 bits per heavy atom. The summed E-state index contributed by atoms with van der Waals surface area (Å²) in [5, 5.41) is 7.58. The first kappa shape index (κ1) is 14.0. The number of nitrogens with one attached hydrogen (secondary N) is 1. The standard InChI is InChI=1S/C14H23N3O3/c1-3-19-14(5-8-18-9-6-14)11-16-12(20-17-11)13(2)4-7-15-10-13/h15H,3-10H2,1-2H3. The Balaban J connectivity index is 1.87. The monoisotopic (exact) mass is 281 g/mol. The van der Waals surface area contributed by atoms with Gasteiger partial charge < -0.3 is 19.3 Å². The Hall–Kier alpha value is -0.980. The average molecular weight is 281 g/mol. The Bertz CT molecular complexity index is 443. The van der Waals surface area contributed by atoms with E-state index in [1.165, 1.54) is 0 Å². The van der Waals surface area contributed by atoms with Crippen LogP contribution < -0.4 is 5.32 Å². The molecule has 2 aliphatic heterocycles. The molecule has 6 nitrogen and oxygen atoms in total. The summed E-state index contributed by atoms with van der Waals surface area (Å²) in [7, 11) is 0. The molecule has 2 fully saturated rings. The normalized spacial score (nSPS) is 29.7. The van der Waals surface area contributed by atoms with Crippen molar-refractivity contribution in [2.24, 2.45) is 0 Å². The van der Waals surface area contributed by atoms with E-state index in [4.69, 9.17) is 14.0 Å². The molecule has 6 heteroatoms. The molecule has 0 saturated carbocycles. The zero-order valence-electron chi connectivity index (χ0n) is 12.3. The van der Waals surface area contributed by atoms with E-state index in [0.717, 1.165) is 38.2 Å². The van der Waals surface area contributed by atoms with Crippen molar-refractivity contribution in [2.75, 3.05) is 32.9 Å². The predicted octanol–water partition coefficient (Wildman–Crippen LogP) is 1.36. The number of aromatic nitrogens is 2. The SMILES string of the molecule is CCOC1(c2noc(C3(C)CCNC3)n2)CCOCC1. The Kier molecular flexibility index (Phi) is 3.79. The van der Waals surface area contributed by atoms with Gasteiger partial charge in [0.15, 0.2) is 0 Å². The minimum absolute atomic E-state index is 0.0518. The van der Waals surface area contributed by atoms with E-state index in [2.05, 4.69) is 22.4 Å². The van der Waals surface area contributed by atoms with Crippen LogP contribution in [0.4, 0.5) is 0 Å². The molecular formula is C14H23N3O3. The Morgan fingerprint density at radius 1 is 1.30 bits per heavy atom. The summed E-state index contributed by atoms with van der Waals surface area (Å²) in [5.41, 5.74) is -0.485.